The maximum atomic E-state index is 3.47. The van der Waals surface area contributed by atoms with Crippen LogP contribution in [0.25, 0.3) is 0 Å². The van der Waals surface area contributed by atoms with Crippen molar-refractivity contribution in [3.05, 3.63) is 35.4 Å². The van der Waals surface area contributed by atoms with Gasteiger partial charge in [0, 0.05) is 0 Å². The molecule has 1 heteroatoms. The van der Waals surface area contributed by atoms with Crippen molar-refractivity contribution in [3.63, 3.8) is 0 Å². The zero-order valence-corrected chi connectivity index (χ0v) is 8.92. The average molecular weight is 189 g/mol. The molecule has 14 heavy (non-hydrogen) atoms. The summed E-state index contributed by atoms with van der Waals surface area (Å²) in [6, 6.07) is 8.76. The normalized spacial score (nSPS) is 22.2. The Kier molecular flexibility index (Phi) is 3.20. The molecule has 0 amide bonds. The summed E-state index contributed by atoms with van der Waals surface area (Å²) in [4.78, 5) is 0. The van der Waals surface area contributed by atoms with Crippen LogP contribution in [0.2, 0.25) is 0 Å². The van der Waals surface area contributed by atoms with Crippen molar-refractivity contribution in [2.45, 2.75) is 26.2 Å². The molecular weight excluding hydrogens is 170 g/mol. The van der Waals surface area contributed by atoms with Crippen molar-refractivity contribution in [3.8, 4) is 0 Å². The standard InChI is InChI=1S/C13H19N/c1-11-5-2-3-7-13(11)9-12-6-4-8-14-10-12/h2-3,5,7,12,14H,4,6,8-10H2,1H3/t12-/m1/s1. The average Bonchev–Trinajstić information content (AvgIpc) is 2.23. The van der Waals surface area contributed by atoms with Gasteiger partial charge in [-0.25, -0.2) is 0 Å². The summed E-state index contributed by atoms with van der Waals surface area (Å²) in [7, 11) is 0. The first-order chi connectivity index (χ1) is 6.86. The molecule has 1 saturated heterocycles. The van der Waals surface area contributed by atoms with Gasteiger partial charge >= 0.3 is 0 Å². The van der Waals surface area contributed by atoms with Crippen molar-refractivity contribution < 1.29 is 0 Å². The molecule has 0 saturated carbocycles. The van der Waals surface area contributed by atoms with Crippen LogP contribution in [0.5, 0.6) is 0 Å². The maximum Gasteiger partial charge on any atom is -0.00173 e. The molecule has 0 bridgehead atoms. The van der Waals surface area contributed by atoms with E-state index in [0.717, 1.165) is 5.92 Å². The second-order valence-electron chi connectivity index (χ2n) is 4.34. The van der Waals surface area contributed by atoms with Gasteiger partial charge in [0.05, 0.1) is 0 Å². The van der Waals surface area contributed by atoms with Gasteiger partial charge < -0.3 is 5.32 Å². The minimum Gasteiger partial charge on any atom is -0.316 e. The lowest BCUT2D eigenvalue weighted by Gasteiger charge is -2.23. The van der Waals surface area contributed by atoms with Gasteiger partial charge in [-0.3, -0.25) is 0 Å². The molecule has 1 aromatic rings. The first kappa shape index (κ1) is 9.72. The smallest absolute Gasteiger partial charge is 0.00173 e. The molecule has 1 fully saturated rings. The van der Waals surface area contributed by atoms with Crippen molar-refractivity contribution >= 4 is 0 Å². The first-order valence-corrected chi connectivity index (χ1v) is 5.61. The monoisotopic (exact) mass is 189 g/mol. The van der Waals surface area contributed by atoms with Gasteiger partial charge in [-0.05, 0) is 56.3 Å². The lowest BCUT2D eigenvalue weighted by molar-refractivity contribution is 0.375. The Balaban J connectivity index is 1.99. The fraction of sp³-hybridized carbons (Fsp3) is 0.538. The lowest BCUT2D eigenvalue weighted by Crippen LogP contribution is -2.30. The van der Waals surface area contributed by atoms with Crippen LogP contribution in [0.3, 0.4) is 0 Å². The molecule has 0 spiro atoms. The van der Waals surface area contributed by atoms with Gasteiger partial charge in [0.15, 0.2) is 0 Å². The number of hydrogen-bond donors (Lipinski definition) is 1. The molecule has 76 valence electrons. The Morgan fingerprint density at radius 2 is 2.21 bits per heavy atom. The van der Waals surface area contributed by atoms with E-state index in [2.05, 4.69) is 36.5 Å². The van der Waals surface area contributed by atoms with Crippen LogP contribution in [-0.2, 0) is 6.42 Å². The molecule has 0 radical (unpaired) electrons. The van der Waals surface area contributed by atoms with E-state index in [0.29, 0.717) is 0 Å². The molecule has 1 heterocycles. The number of nitrogens with one attached hydrogen (secondary N) is 1. The SMILES string of the molecule is Cc1ccccc1C[C@H]1CCCNC1. The first-order valence-electron chi connectivity index (χ1n) is 5.61. The number of rotatable bonds is 2. The fourth-order valence-electron chi connectivity index (χ4n) is 2.25. The number of hydrogen-bond acceptors (Lipinski definition) is 1. The van der Waals surface area contributed by atoms with Crippen molar-refractivity contribution in [1.29, 1.82) is 0 Å². The van der Waals surface area contributed by atoms with E-state index < -0.39 is 0 Å². The Bertz CT molecular complexity index is 287. The third-order valence-corrected chi connectivity index (χ3v) is 3.17. The topological polar surface area (TPSA) is 12.0 Å². The van der Waals surface area contributed by atoms with Crippen molar-refractivity contribution in [1.82, 2.24) is 5.32 Å². The predicted molar refractivity (Wildman–Crippen MR) is 60.5 cm³/mol. The largest absolute Gasteiger partial charge is 0.316 e. The summed E-state index contributed by atoms with van der Waals surface area (Å²) in [6.07, 6.45) is 3.98. The zero-order chi connectivity index (χ0) is 9.80. The molecule has 1 aromatic carbocycles. The van der Waals surface area contributed by atoms with E-state index >= 15 is 0 Å². The van der Waals surface area contributed by atoms with Gasteiger partial charge in [0.2, 0.25) is 0 Å². The number of aryl methyl sites for hydroxylation is 1. The maximum absolute atomic E-state index is 3.47. The van der Waals surface area contributed by atoms with Gasteiger partial charge in [-0.1, -0.05) is 24.3 Å². The Hall–Kier alpha value is -0.820. The van der Waals surface area contributed by atoms with E-state index in [-0.39, 0.29) is 0 Å². The summed E-state index contributed by atoms with van der Waals surface area (Å²) < 4.78 is 0. The molecule has 0 aromatic heterocycles. The van der Waals surface area contributed by atoms with Crippen LogP contribution in [0, 0.1) is 12.8 Å². The molecule has 1 atom stereocenters. The third kappa shape index (κ3) is 2.36. The Labute approximate surface area is 86.5 Å². The quantitative estimate of drug-likeness (QED) is 0.754. The molecule has 1 N–H and O–H groups in total. The lowest BCUT2D eigenvalue weighted by atomic mass is 9.91. The second kappa shape index (κ2) is 4.61. The van der Waals surface area contributed by atoms with Crippen molar-refractivity contribution in [2.24, 2.45) is 5.92 Å². The van der Waals surface area contributed by atoms with Crippen LogP contribution in [0.1, 0.15) is 24.0 Å². The second-order valence-corrected chi connectivity index (χ2v) is 4.34. The van der Waals surface area contributed by atoms with E-state index in [1.54, 1.807) is 0 Å². The van der Waals surface area contributed by atoms with Gasteiger partial charge in [0.1, 0.15) is 0 Å². The number of piperidine rings is 1. The van der Waals surface area contributed by atoms with E-state index in [4.69, 9.17) is 0 Å². The van der Waals surface area contributed by atoms with E-state index in [9.17, 15) is 0 Å². The molecule has 1 nitrogen and oxygen atoms in total. The molecule has 0 unspecified atom stereocenters. The highest BCUT2D eigenvalue weighted by Gasteiger charge is 2.13. The Morgan fingerprint density at radius 3 is 2.93 bits per heavy atom. The van der Waals surface area contributed by atoms with Crippen LogP contribution in [-0.4, -0.2) is 13.1 Å². The summed E-state index contributed by atoms with van der Waals surface area (Å²) in [5.41, 5.74) is 2.97. The van der Waals surface area contributed by atoms with Crippen LogP contribution >= 0.6 is 0 Å². The van der Waals surface area contributed by atoms with Crippen LogP contribution < -0.4 is 5.32 Å². The molecule has 1 aliphatic heterocycles. The minimum absolute atomic E-state index is 0.852. The van der Waals surface area contributed by atoms with E-state index in [1.807, 2.05) is 0 Å². The summed E-state index contributed by atoms with van der Waals surface area (Å²) in [5.74, 6) is 0.852. The zero-order valence-electron chi connectivity index (χ0n) is 8.92. The van der Waals surface area contributed by atoms with Gasteiger partial charge in [-0.15, -0.1) is 0 Å². The molecule has 2 rings (SSSR count). The third-order valence-electron chi connectivity index (χ3n) is 3.17. The van der Waals surface area contributed by atoms with Gasteiger partial charge in [0.25, 0.3) is 0 Å². The van der Waals surface area contributed by atoms with Crippen LogP contribution in [0.4, 0.5) is 0 Å². The highest BCUT2D eigenvalue weighted by Crippen LogP contribution is 2.18. The van der Waals surface area contributed by atoms with Crippen LogP contribution in [0.15, 0.2) is 24.3 Å². The summed E-state index contributed by atoms with van der Waals surface area (Å²) in [6.45, 7) is 4.63. The molecule has 1 aliphatic rings. The minimum atomic E-state index is 0.852. The van der Waals surface area contributed by atoms with Crippen molar-refractivity contribution in [2.75, 3.05) is 13.1 Å². The highest BCUT2D eigenvalue weighted by atomic mass is 14.9. The highest BCUT2D eigenvalue weighted by molar-refractivity contribution is 5.26. The molecular formula is C13H19N. The molecule has 0 aliphatic carbocycles. The summed E-state index contributed by atoms with van der Waals surface area (Å²) >= 11 is 0. The van der Waals surface area contributed by atoms with Gasteiger partial charge in [-0.2, -0.15) is 0 Å². The fourth-order valence-corrected chi connectivity index (χ4v) is 2.25. The Morgan fingerprint density at radius 1 is 1.36 bits per heavy atom. The summed E-state index contributed by atoms with van der Waals surface area (Å²) in [5, 5.41) is 3.47. The van der Waals surface area contributed by atoms with E-state index in [1.165, 1.54) is 43.5 Å². The number of benzene rings is 1. The predicted octanol–water partition coefficient (Wildman–Crippen LogP) is 2.54.